The van der Waals surface area contributed by atoms with Crippen molar-refractivity contribution in [2.45, 2.75) is 99.3 Å². The Hall–Kier alpha value is 0. The number of hydrogen-bond acceptors (Lipinski definition) is 0. The van der Waals surface area contributed by atoms with Crippen LogP contribution in [0.2, 0.25) is 0 Å². The van der Waals surface area contributed by atoms with E-state index in [1.807, 2.05) is 0 Å². The molecule has 120 valence electrons. The van der Waals surface area contributed by atoms with Crippen molar-refractivity contribution in [1.29, 1.82) is 0 Å². The van der Waals surface area contributed by atoms with Crippen molar-refractivity contribution in [2.75, 3.05) is 0 Å². The zero-order chi connectivity index (χ0) is 15.2. The van der Waals surface area contributed by atoms with E-state index < -0.39 is 0 Å². The van der Waals surface area contributed by atoms with Gasteiger partial charge in [-0.05, 0) is 41.9 Å². The number of hydrogen-bond donors (Lipinski definition) is 0. The van der Waals surface area contributed by atoms with Gasteiger partial charge in [-0.3, -0.25) is 0 Å². The molecular formula is C20H40. The maximum absolute atomic E-state index is 2.52. The van der Waals surface area contributed by atoms with Crippen molar-refractivity contribution < 1.29 is 0 Å². The van der Waals surface area contributed by atoms with Gasteiger partial charge in [-0.2, -0.15) is 0 Å². The third-order valence-electron chi connectivity index (χ3n) is 5.57. The van der Waals surface area contributed by atoms with Crippen LogP contribution in [0, 0.1) is 29.1 Å². The predicted octanol–water partition coefficient (Wildman–Crippen LogP) is 7.08. The summed E-state index contributed by atoms with van der Waals surface area (Å²) in [7, 11) is 0. The molecule has 0 bridgehead atoms. The first kappa shape index (κ1) is 18.1. The van der Waals surface area contributed by atoms with Gasteiger partial charge in [-0.15, -0.1) is 0 Å². The highest BCUT2D eigenvalue weighted by atomic mass is 14.3. The van der Waals surface area contributed by atoms with Crippen LogP contribution in [-0.4, -0.2) is 0 Å². The molecule has 0 aromatic heterocycles. The lowest BCUT2D eigenvalue weighted by atomic mass is 9.74. The first-order valence-electron chi connectivity index (χ1n) is 9.29. The Morgan fingerprint density at radius 1 is 0.900 bits per heavy atom. The fourth-order valence-electron chi connectivity index (χ4n) is 4.06. The van der Waals surface area contributed by atoms with Gasteiger partial charge in [0.15, 0.2) is 0 Å². The van der Waals surface area contributed by atoms with E-state index in [0.717, 1.165) is 23.7 Å². The molecule has 0 amide bonds. The summed E-state index contributed by atoms with van der Waals surface area (Å²) in [4.78, 5) is 0. The average Bonchev–Trinajstić information content (AvgIpc) is 2.36. The van der Waals surface area contributed by atoms with E-state index in [0.29, 0.717) is 5.41 Å². The van der Waals surface area contributed by atoms with Crippen LogP contribution in [0.5, 0.6) is 0 Å². The van der Waals surface area contributed by atoms with E-state index in [1.165, 1.54) is 57.8 Å². The molecule has 0 aromatic carbocycles. The molecule has 1 saturated carbocycles. The lowest BCUT2D eigenvalue weighted by Crippen LogP contribution is -2.21. The summed E-state index contributed by atoms with van der Waals surface area (Å²) in [5, 5.41) is 0. The molecule has 0 radical (unpaired) electrons. The van der Waals surface area contributed by atoms with Crippen LogP contribution in [0.4, 0.5) is 0 Å². The second kappa shape index (κ2) is 8.44. The summed E-state index contributed by atoms with van der Waals surface area (Å²) in [6, 6.07) is 0. The molecule has 0 heterocycles. The minimum atomic E-state index is 0.496. The Labute approximate surface area is 129 Å². The molecule has 0 saturated heterocycles. The number of rotatable bonds is 7. The SMILES string of the molecule is CC(C)C(CCC(C)(C)C)C(C)CCC1CCCCC1. The lowest BCUT2D eigenvalue weighted by Gasteiger charge is -2.32. The van der Waals surface area contributed by atoms with Crippen molar-refractivity contribution >= 4 is 0 Å². The summed E-state index contributed by atoms with van der Waals surface area (Å²) >= 11 is 0. The molecule has 1 aliphatic carbocycles. The van der Waals surface area contributed by atoms with Crippen molar-refractivity contribution in [1.82, 2.24) is 0 Å². The van der Waals surface area contributed by atoms with E-state index in [2.05, 4.69) is 41.5 Å². The fourth-order valence-corrected chi connectivity index (χ4v) is 4.06. The van der Waals surface area contributed by atoms with Crippen LogP contribution in [0.1, 0.15) is 99.3 Å². The van der Waals surface area contributed by atoms with Gasteiger partial charge in [0.1, 0.15) is 0 Å². The molecule has 0 heteroatoms. The molecule has 1 fully saturated rings. The van der Waals surface area contributed by atoms with Gasteiger partial charge >= 0.3 is 0 Å². The monoisotopic (exact) mass is 280 g/mol. The normalized spacial score (nSPS) is 21.1. The molecule has 2 atom stereocenters. The lowest BCUT2D eigenvalue weighted by molar-refractivity contribution is 0.192. The van der Waals surface area contributed by atoms with Gasteiger partial charge in [0.2, 0.25) is 0 Å². The fraction of sp³-hybridized carbons (Fsp3) is 1.00. The van der Waals surface area contributed by atoms with Gasteiger partial charge in [0.05, 0.1) is 0 Å². The molecule has 0 N–H and O–H groups in total. The van der Waals surface area contributed by atoms with E-state index >= 15 is 0 Å². The van der Waals surface area contributed by atoms with Crippen LogP contribution < -0.4 is 0 Å². The molecule has 1 rings (SSSR count). The van der Waals surface area contributed by atoms with E-state index in [4.69, 9.17) is 0 Å². The van der Waals surface area contributed by atoms with Crippen LogP contribution in [-0.2, 0) is 0 Å². The first-order valence-corrected chi connectivity index (χ1v) is 9.29. The quantitative estimate of drug-likeness (QED) is 0.467. The summed E-state index contributed by atoms with van der Waals surface area (Å²) < 4.78 is 0. The van der Waals surface area contributed by atoms with E-state index in [1.54, 1.807) is 0 Å². The van der Waals surface area contributed by atoms with Gasteiger partial charge < -0.3 is 0 Å². The second-order valence-corrected chi connectivity index (χ2v) is 9.07. The van der Waals surface area contributed by atoms with Gasteiger partial charge in [0, 0.05) is 0 Å². The summed E-state index contributed by atoms with van der Waals surface area (Å²) in [6.45, 7) is 14.6. The van der Waals surface area contributed by atoms with Gasteiger partial charge in [0.25, 0.3) is 0 Å². The summed E-state index contributed by atoms with van der Waals surface area (Å²) in [5.74, 6) is 3.75. The third kappa shape index (κ3) is 7.14. The highest BCUT2D eigenvalue weighted by Crippen LogP contribution is 2.35. The molecule has 20 heavy (non-hydrogen) atoms. The Morgan fingerprint density at radius 3 is 2.00 bits per heavy atom. The summed E-state index contributed by atoms with van der Waals surface area (Å²) in [6.07, 6.45) is 13.3. The average molecular weight is 281 g/mol. The van der Waals surface area contributed by atoms with Crippen LogP contribution in [0.25, 0.3) is 0 Å². The molecule has 0 aliphatic heterocycles. The molecule has 0 nitrogen and oxygen atoms in total. The van der Waals surface area contributed by atoms with Crippen molar-refractivity contribution in [3.63, 3.8) is 0 Å². The van der Waals surface area contributed by atoms with Crippen LogP contribution >= 0.6 is 0 Å². The smallest absolute Gasteiger partial charge is 0.0365 e. The Morgan fingerprint density at radius 2 is 1.50 bits per heavy atom. The Balaban J connectivity index is 2.36. The molecule has 0 spiro atoms. The summed E-state index contributed by atoms with van der Waals surface area (Å²) in [5.41, 5.74) is 0.496. The van der Waals surface area contributed by atoms with Gasteiger partial charge in [-0.1, -0.05) is 86.5 Å². The van der Waals surface area contributed by atoms with Crippen LogP contribution in [0.15, 0.2) is 0 Å². The van der Waals surface area contributed by atoms with Crippen molar-refractivity contribution in [3.05, 3.63) is 0 Å². The van der Waals surface area contributed by atoms with Crippen LogP contribution in [0.3, 0.4) is 0 Å². The van der Waals surface area contributed by atoms with Gasteiger partial charge in [-0.25, -0.2) is 0 Å². The first-order chi connectivity index (χ1) is 9.29. The second-order valence-electron chi connectivity index (χ2n) is 9.07. The van der Waals surface area contributed by atoms with E-state index in [9.17, 15) is 0 Å². The minimum Gasteiger partial charge on any atom is -0.0625 e. The minimum absolute atomic E-state index is 0.496. The third-order valence-corrected chi connectivity index (χ3v) is 5.57. The molecule has 0 aromatic rings. The topological polar surface area (TPSA) is 0 Å². The maximum atomic E-state index is 2.52. The Bertz CT molecular complexity index is 239. The standard InChI is InChI=1S/C20H40/c1-16(2)19(14-15-20(4,5)6)17(3)12-13-18-10-8-7-9-11-18/h16-19H,7-15H2,1-6H3. The highest BCUT2D eigenvalue weighted by molar-refractivity contribution is 4.75. The zero-order valence-corrected chi connectivity index (χ0v) is 15.2. The molecular weight excluding hydrogens is 240 g/mol. The van der Waals surface area contributed by atoms with Crippen molar-refractivity contribution in [3.8, 4) is 0 Å². The maximum Gasteiger partial charge on any atom is -0.0365 e. The Kier molecular flexibility index (Phi) is 7.62. The molecule has 2 unspecified atom stereocenters. The largest absolute Gasteiger partial charge is 0.0625 e. The molecule has 1 aliphatic rings. The zero-order valence-electron chi connectivity index (χ0n) is 15.2. The predicted molar refractivity (Wildman–Crippen MR) is 92.0 cm³/mol. The van der Waals surface area contributed by atoms with E-state index in [-0.39, 0.29) is 0 Å². The van der Waals surface area contributed by atoms with Crippen molar-refractivity contribution in [2.24, 2.45) is 29.1 Å². The highest BCUT2D eigenvalue weighted by Gasteiger charge is 2.24.